The van der Waals surface area contributed by atoms with E-state index in [1.54, 1.807) is 6.07 Å². The monoisotopic (exact) mass is 276 g/mol. The lowest BCUT2D eigenvalue weighted by Gasteiger charge is -2.09. The van der Waals surface area contributed by atoms with Crippen LogP contribution in [0.15, 0.2) is 42.5 Å². The van der Waals surface area contributed by atoms with Gasteiger partial charge in [0, 0.05) is 5.39 Å². The van der Waals surface area contributed by atoms with E-state index in [-0.39, 0.29) is 5.95 Å². The molecule has 3 aromatic rings. The summed E-state index contributed by atoms with van der Waals surface area (Å²) in [6.45, 7) is 0. The zero-order valence-corrected chi connectivity index (χ0v) is 11.0. The molecule has 0 saturated carbocycles. The molecule has 102 valence electrons. The standard InChI is InChI=1S/C15H12N6/c16-8-10-3-1-2-4-11(10)9-5-6-13-12(7-9)14(21-18)20-15(17)19-13/h1-7H,18H2,(H3,17,19,20,21). The summed E-state index contributed by atoms with van der Waals surface area (Å²) in [4.78, 5) is 8.23. The van der Waals surface area contributed by atoms with Crippen molar-refractivity contribution in [3.63, 3.8) is 0 Å². The molecule has 21 heavy (non-hydrogen) atoms. The van der Waals surface area contributed by atoms with Gasteiger partial charge in [0.05, 0.1) is 17.1 Å². The number of hydrazine groups is 1. The SMILES string of the molecule is N#Cc1ccccc1-c1ccc2nc(N)nc(NN)c2c1. The molecule has 5 N–H and O–H groups in total. The smallest absolute Gasteiger partial charge is 0.222 e. The molecule has 0 amide bonds. The number of nitrogens with zero attached hydrogens (tertiary/aromatic N) is 3. The average molecular weight is 276 g/mol. The van der Waals surface area contributed by atoms with Gasteiger partial charge in [-0.15, -0.1) is 0 Å². The molecule has 0 spiro atoms. The molecule has 0 aliphatic carbocycles. The van der Waals surface area contributed by atoms with E-state index in [1.807, 2.05) is 36.4 Å². The van der Waals surface area contributed by atoms with E-state index in [0.29, 0.717) is 16.9 Å². The molecule has 0 atom stereocenters. The number of aromatic nitrogens is 2. The van der Waals surface area contributed by atoms with Gasteiger partial charge in [0.15, 0.2) is 5.82 Å². The Morgan fingerprint density at radius 3 is 2.67 bits per heavy atom. The number of fused-ring (bicyclic) bond motifs is 1. The largest absolute Gasteiger partial charge is 0.368 e. The number of nitrogens with two attached hydrogens (primary N) is 2. The van der Waals surface area contributed by atoms with Crippen LogP contribution in [-0.2, 0) is 0 Å². The van der Waals surface area contributed by atoms with E-state index >= 15 is 0 Å². The predicted molar refractivity (Wildman–Crippen MR) is 81.9 cm³/mol. The van der Waals surface area contributed by atoms with Gasteiger partial charge < -0.3 is 11.2 Å². The van der Waals surface area contributed by atoms with Crippen molar-refractivity contribution >= 4 is 22.7 Å². The Kier molecular flexibility index (Phi) is 3.10. The van der Waals surface area contributed by atoms with Gasteiger partial charge in [-0.2, -0.15) is 10.2 Å². The van der Waals surface area contributed by atoms with Gasteiger partial charge in [-0.1, -0.05) is 24.3 Å². The number of nitrogen functional groups attached to an aromatic ring is 2. The third-order valence-corrected chi connectivity index (χ3v) is 3.21. The molecule has 1 aromatic heterocycles. The van der Waals surface area contributed by atoms with Gasteiger partial charge in [0.25, 0.3) is 0 Å². The second-order valence-corrected chi connectivity index (χ2v) is 4.46. The molecule has 0 unspecified atom stereocenters. The fourth-order valence-electron chi connectivity index (χ4n) is 2.26. The van der Waals surface area contributed by atoms with Gasteiger partial charge >= 0.3 is 0 Å². The van der Waals surface area contributed by atoms with Gasteiger partial charge in [-0.25, -0.2) is 10.8 Å². The van der Waals surface area contributed by atoms with Crippen LogP contribution < -0.4 is 17.0 Å². The summed E-state index contributed by atoms with van der Waals surface area (Å²) in [6, 6.07) is 15.2. The minimum Gasteiger partial charge on any atom is -0.368 e. The highest BCUT2D eigenvalue weighted by atomic mass is 15.3. The molecular weight excluding hydrogens is 264 g/mol. The Bertz CT molecular complexity index is 866. The van der Waals surface area contributed by atoms with Crippen molar-refractivity contribution in [1.29, 1.82) is 5.26 Å². The third-order valence-electron chi connectivity index (χ3n) is 3.21. The normalized spacial score (nSPS) is 10.3. The Morgan fingerprint density at radius 2 is 1.90 bits per heavy atom. The minimum absolute atomic E-state index is 0.153. The highest BCUT2D eigenvalue weighted by Gasteiger charge is 2.09. The second-order valence-electron chi connectivity index (χ2n) is 4.46. The summed E-state index contributed by atoms with van der Waals surface area (Å²) >= 11 is 0. The Hall–Kier alpha value is -3.17. The molecule has 0 aliphatic heterocycles. The van der Waals surface area contributed by atoms with Crippen LogP contribution in [0.5, 0.6) is 0 Å². The number of hydrogen-bond acceptors (Lipinski definition) is 6. The molecule has 6 heteroatoms. The lowest BCUT2D eigenvalue weighted by atomic mass is 9.99. The van der Waals surface area contributed by atoms with Crippen molar-refractivity contribution < 1.29 is 0 Å². The first kappa shape index (κ1) is 12.8. The molecule has 3 rings (SSSR count). The van der Waals surface area contributed by atoms with E-state index in [1.165, 1.54) is 0 Å². The molecule has 6 nitrogen and oxygen atoms in total. The van der Waals surface area contributed by atoms with Crippen LogP contribution in [-0.4, -0.2) is 9.97 Å². The van der Waals surface area contributed by atoms with E-state index in [0.717, 1.165) is 16.5 Å². The van der Waals surface area contributed by atoms with Crippen LogP contribution >= 0.6 is 0 Å². The molecule has 0 saturated heterocycles. The first-order valence-corrected chi connectivity index (χ1v) is 6.26. The van der Waals surface area contributed by atoms with Crippen LogP contribution in [0.2, 0.25) is 0 Å². The molecule has 0 aliphatic rings. The summed E-state index contributed by atoms with van der Waals surface area (Å²) in [5.41, 5.74) is 11.2. The lowest BCUT2D eigenvalue weighted by Crippen LogP contribution is -2.11. The first-order chi connectivity index (χ1) is 10.2. The zero-order valence-electron chi connectivity index (χ0n) is 11.0. The number of anilines is 2. The van der Waals surface area contributed by atoms with Gasteiger partial charge in [0.2, 0.25) is 5.95 Å². The summed E-state index contributed by atoms with van der Waals surface area (Å²) in [5, 5.41) is 9.95. The first-order valence-electron chi connectivity index (χ1n) is 6.26. The van der Waals surface area contributed by atoms with Gasteiger partial charge in [-0.3, -0.25) is 0 Å². The van der Waals surface area contributed by atoms with Crippen LogP contribution in [0, 0.1) is 11.3 Å². The summed E-state index contributed by atoms with van der Waals surface area (Å²) < 4.78 is 0. The van der Waals surface area contributed by atoms with Crippen molar-refractivity contribution in [1.82, 2.24) is 9.97 Å². The summed E-state index contributed by atoms with van der Waals surface area (Å²) in [5.74, 6) is 6.09. The molecule has 1 heterocycles. The Labute approximate surface area is 121 Å². The minimum atomic E-state index is 0.153. The average Bonchev–Trinajstić information content (AvgIpc) is 2.53. The van der Waals surface area contributed by atoms with E-state index in [4.69, 9.17) is 11.6 Å². The van der Waals surface area contributed by atoms with Crippen molar-refractivity contribution in [2.45, 2.75) is 0 Å². The quantitative estimate of drug-likeness (QED) is 0.487. The fraction of sp³-hybridized carbons (Fsp3) is 0. The molecule has 0 bridgehead atoms. The highest BCUT2D eigenvalue weighted by Crippen LogP contribution is 2.29. The molecular formula is C15H12N6. The van der Waals surface area contributed by atoms with Gasteiger partial charge in [0.1, 0.15) is 0 Å². The number of benzene rings is 2. The van der Waals surface area contributed by atoms with Crippen molar-refractivity contribution in [2.75, 3.05) is 11.2 Å². The highest BCUT2D eigenvalue weighted by molar-refractivity contribution is 5.93. The summed E-state index contributed by atoms with van der Waals surface area (Å²) in [7, 11) is 0. The summed E-state index contributed by atoms with van der Waals surface area (Å²) in [6.07, 6.45) is 0. The second kappa shape index (κ2) is 5.07. The van der Waals surface area contributed by atoms with Gasteiger partial charge in [-0.05, 0) is 29.3 Å². The Balaban J connectivity index is 2.26. The maximum Gasteiger partial charge on any atom is 0.222 e. The number of rotatable bonds is 2. The third kappa shape index (κ3) is 2.22. The van der Waals surface area contributed by atoms with Crippen molar-refractivity contribution in [2.24, 2.45) is 5.84 Å². The molecule has 0 radical (unpaired) electrons. The van der Waals surface area contributed by atoms with Crippen LogP contribution in [0.3, 0.4) is 0 Å². The number of nitriles is 1. The van der Waals surface area contributed by atoms with Crippen molar-refractivity contribution in [3.05, 3.63) is 48.0 Å². The maximum absolute atomic E-state index is 9.21. The molecule has 2 aromatic carbocycles. The maximum atomic E-state index is 9.21. The number of hydrogen-bond donors (Lipinski definition) is 3. The number of nitrogens with one attached hydrogen (secondary N) is 1. The van der Waals surface area contributed by atoms with Crippen LogP contribution in [0.1, 0.15) is 5.56 Å². The van der Waals surface area contributed by atoms with Crippen LogP contribution in [0.25, 0.3) is 22.0 Å². The van der Waals surface area contributed by atoms with E-state index < -0.39 is 0 Å². The fourth-order valence-corrected chi connectivity index (χ4v) is 2.26. The van der Waals surface area contributed by atoms with Crippen molar-refractivity contribution in [3.8, 4) is 17.2 Å². The predicted octanol–water partition coefficient (Wildman–Crippen LogP) is 2.04. The Morgan fingerprint density at radius 1 is 1.10 bits per heavy atom. The van der Waals surface area contributed by atoms with E-state index in [9.17, 15) is 5.26 Å². The lowest BCUT2D eigenvalue weighted by molar-refractivity contribution is 1.19. The van der Waals surface area contributed by atoms with E-state index in [2.05, 4.69) is 21.5 Å². The molecule has 0 fully saturated rings. The zero-order chi connectivity index (χ0) is 14.8. The van der Waals surface area contributed by atoms with Crippen LogP contribution in [0.4, 0.5) is 11.8 Å². The topological polar surface area (TPSA) is 114 Å².